The number of halogens is 1. The summed E-state index contributed by atoms with van der Waals surface area (Å²) in [5, 5.41) is 3.64. The van der Waals surface area contributed by atoms with Crippen molar-refractivity contribution >= 4 is 11.0 Å². The molecule has 1 N–H and O–H groups in total. The summed E-state index contributed by atoms with van der Waals surface area (Å²) in [7, 11) is -0.595. The molecular weight excluding hydrogens is 310 g/mol. The first-order valence-electron chi connectivity index (χ1n) is 7.07. The molecule has 8 heteroatoms. The molecule has 1 aliphatic heterocycles. The molecule has 0 saturated carbocycles. The van der Waals surface area contributed by atoms with Gasteiger partial charge in [0.1, 0.15) is 6.04 Å². The quantitative estimate of drug-likeness (QED) is 0.562. The van der Waals surface area contributed by atoms with E-state index in [4.69, 9.17) is 18.6 Å². The normalized spacial score (nSPS) is 18.9. The highest BCUT2D eigenvalue weighted by Crippen LogP contribution is 2.23. The largest absolute Gasteiger partial charge is 0.304 e. The summed E-state index contributed by atoms with van der Waals surface area (Å²) >= 11 is 0. The number of fused-ring (bicyclic) bond motifs is 1. The number of hydrogen-bond donors (Lipinski definition) is 1. The Labute approximate surface area is 131 Å². The van der Waals surface area contributed by atoms with E-state index in [1.807, 2.05) is 0 Å². The zero-order valence-electron chi connectivity index (χ0n) is 12.6. The predicted octanol–water partition coefficient (Wildman–Crippen LogP) is -2.94. The summed E-state index contributed by atoms with van der Waals surface area (Å²) in [6, 6.07) is 9.12. The Bertz CT molecular complexity index is 588. The van der Waals surface area contributed by atoms with Crippen LogP contribution in [0.2, 0.25) is 0 Å². The number of nitrogens with zero attached hydrogens (tertiary/aromatic N) is 2. The molecule has 0 amide bonds. The van der Waals surface area contributed by atoms with Crippen molar-refractivity contribution in [2.75, 3.05) is 6.54 Å². The lowest BCUT2D eigenvalue weighted by atomic mass is 10.0. The molecule has 1 aromatic heterocycles. The van der Waals surface area contributed by atoms with E-state index in [0.29, 0.717) is 6.04 Å². The van der Waals surface area contributed by atoms with Gasteiger partial charge in [-0.1, -0.05) is 12.1 Å². The maximum absolute atomic E-state index is 8.49. The van der Waals surface area contributed by atoms with Gasteiger partial charge in [-0.2, -0.15) is 0 Å². The average molecular weight is 330 g/mol. The van der Waals surface area contributed by atoms with E-state index < -0.39 is 10.2 Å². The molecule has 1 fully saturated rings. The highest BCUT2D eigenvalue weighted by Gasteiger charge is 2.28. The molecule has 122 valence electrons. The van der Waals surface area contributed by atoms with E-state index in [1.54, 1.807) is 0 Å². The minimum atomic E-state index is -4.94. The average Bonchev–Trinajstić information content (AvgIpc) is 2.71. The zero-order valence-corrected chi connectivity index (χ0v) is 13.4. The molecule has 1 saturated heterocycles. The van der Waals surface area contributed by atoms with Crippen molar-refractivity contribution < 1.29 is 33.4 Å². The van der Waals surface area contributed by atoms with Gasteiger partial charge in [0, 0.05) is 0 Å². The second-order valence-corrected chi connectivity index (χ2v) is 6.10. The number of benzene rings is 1. The summed E-state index contributed by atoms with van der Waals surface area (Å²) in [4.78, 5) is 0. The molecule has 1 aromatic carbocycles. The van der Waals surface area contributed by atoms with Crippen LogP contribution in [-0.2, 0) is 14.1 Å². The maximum Gasteiger partial charge on any atom is 0.274 e. The Morgan fingerprint density at radius 1 is 1.18 bits per heavy atom. The van der Waals surface area contributed by atoms with Crippen molar-refractivity contribution in [2.45, 2.75) is 25.3 Å². The maximum atomic E-state index is 8.49. The Hall–Kier alpha value is -1.22. The molecule has 3 rings (SSSR count). The summed E-state index contributed by atoms with van der Waals surface area (Å²) in [6.45, 7) is 1.15. The van der Waals surface area contributed by atoms with Gasteiger partial charge < -0.3 is 5.32 Å². The lowest BCUT2D eigenvalue weighted by molar-refractivity contribution is -2.00. The third-order valence-electron chi connectivity index (χ3n) is 3.91. The number of nitrogens with one attached hydrogen (secondary N) is 1. The van der Waals surface area contributed by atoms with E-state index in [0.717, 1.165) is 6.54 Å². The zero-order chi connectivity index (χ0) is 16.3. The number of aromatic nitrogens is 2. The summed E-state index contributed by atoms with van der Waals surface area (Å²) in [6.07, 6.45) is 3.89. The van der Waals surface area contributed by atoms with Crippen molar-refractivity contribution in [3.05, 3.63) is 30.1 Å². The lowest BCUT2D eigenvalue weighted by Crippen LogP contribution is -2.68. The third kappa shape index (κ3) is 4.16. The molecule has 0 radical (unpaired) electrons. The van der Waals surface area contributed by atoms with Crippen LogP contribution in [0.1, 0.15) is 31.1 Å². The molecule has 2 heterocycles. The van der Waals surface area contributed by atoms with E-state index >= 15 is 0 Å². The number of rotatable bonds is 1. The minimum absolute atomic E-state index is 0.506. The molecule has 1 aliphatic rings. The molecule has 2 aromatic rings. The lowest BCUT2D eigenvalue weighted by Gasteiger charge is -2.20. The molecule has 7 nitrogen and oxygen atoms in total. The first-order chi connectivity index (χ1) is 10.3. The summed E-state index contributed by atoms with van der Waals surface area (Å²) < 4.78 is 38.6. The molecule has 1 unspecified atom stereocenters. The Balaban J connectivity index is 0.000000309. The minimum Gasteiger partial charge on any atom is -0.304 e. The fourth-order valence-electron chi connectivity index (χ4n) is 3.04. The number of para-hydroxylation sites is 2. The van der Waals surface area contributed by atoms with Gasteiger partial charge in [-0.25, -0.2) is 27.8 Å². The Morgan fingerprint density at radius 3 is 2.36 bits per heavy atom. The van der Waals surface area contributed by atoms with Gasteiger partial charge in [0.05, 0.1) is 14.1 Å². The Kier molecular flexibility index (Phi) is 5.38. The van der Waals surface area contributed by atoms with Crippen LogP contribution in [0.3, 0.4) is 0 Å². The third-order valence-corrected chi connectivity index (χ3v) is 3.91. The highest BCUT2D eigenvalue weighted by atomic mass is 35.7. The predicted molar refractivity (Wildman–Crippen MR) is 68.7 cm³/mol. The van der Waals surface area contributed by atoms with Gasteiger partial charge in [-0.05, 0) is 37.9 Å². The van der Waals surface area contributed by atoms with Gasteiger partial charge in [-0.15, -0.1) is 10.2 Å². The van der Waals surface area contributed by atoms with Crippen LogP contribution in [0.4, 0.5) is 0 Å². The molecule has 0 spiro atoms. The van der Waals surface area contributed by atoms with Crippen molar-refractivity contribution in [3.8, 4) is 0 Å². The van der Waals surface area contributed by atoms with Gasteiger partial charge in [0.25, 0.3) is 5.82 Å². The molecule has 22 heavy (non-hydrogen) atoms. The van der Waals surface area contributed by atoms with Crippen molar-refractivity contribution in [2.24, 2.45) is 14.1 Å². The fourth-order valence-corrected chi connectivity index (χ4v) is 3.04. The molecule has 0 aliphatic carbocycles. The second kappa shape index (κ2) is 6.91. The van der Waals surface area contributed by atoms with Crippen LogP contribution in [0.25, 0.3) is 11.0 Å². The number of imidazole rings is 1. The van der Waals surface area contributed by atoms with Gasteiger partial charge >= 0.3 is 0 Å². The van der Waals surface area contributed by atoms with Crippen LogP contribution in [0.15, 0.2) is 24.3 Å². The van der Waals surface area contributed by atoms with E-state index in [-0.39, 0.29) is 0 Å². The summed E-state index contributed by atoms with van der Waals surface area (Å²) in [5.74, 6) is 1.39. The van der Waals surface area contributed by atoms with Crippen molar-refractivity contribution in [1.29, 1.82) is 0 Å². The first-order valence-corrected chi connectivity index (χ1v) is 8.31. The van der Waals surface area contributed by atoms with Crippen molar-refractivity contribution in [3.63, 3.8) is 0 Å². The Morgan fingerprint density at radius 2 is 1.82 bits per heavy atom. The SMILES string of the molecule is Cn1c(C2CCCCN2)[n+](C)c2ccccc21.[O-][Cl+3]([O-])([O-])[O-]. The number of hydrogen-bond acceptors (Lipinski definition) is 5. The molecule has 0 bridgehead atoms. The molecular formula is C14H20ClN3O4. The highest BCUT2D eigenvalue weighted by molar-refractivity contribution is 5.72. The van der Waals surface area contributed by atoms with E-state index in [2.05, 4.69) is 52.8 Å². The second-order valence-electron chi connectivity index (χ2n) is 5.35. The number of piperidine rings is 1. The van der Waals surface area contributed by atoms with Gasteiger partial charge in [-0.3, -0.25) is 0 Å². The number of aryl methyl sites for hydroxylation is 2. The standard InChI is InChI=1S/C14H20N3.ClHO4/c1-16-12-8-3-4-9-13(12)17(2)14(16)11-7-5-6-10-15-11;2-1(3,4)5/h3-4,8-9,11,15H,5-7,10H2,1-2H3;(H,2,3,4,5)/q+1;/p-1. The van der Waals surface area contributed by atoms with Crippen LogP contribution in [0, 0.1) is 10.2 Å². The van der Waals surface area contributed by atoms with E-state index in [9.17, 15) is 0 Å². The fraction of sp³-hybridized carbons (Fsp3) is 0.500. The smallest absolute Gasteiger partial charge is 0.274 e. The summed E-state index contributed by atoms with van der Waals surface area (Å²) in [5.41, 5.74) is 2.63. The van der Waals surface area contributed by atoms with E-state index in [1.165, 1.54) is 36.1 Å². The monoisotopic (exact) mass is 329 g/mol. The topological polar surface area (TPSA) is 113 Å². The molecule has 1 atom stereocenters. The van der Waals surface area contributed by atoms with Crippen molar-refractivity contribution in [1.82, 2.24) is 9.88 Å². The van der Waals surface area contributed by atoms with Crippen LogP contribution >= 0.6 is 0 Å². The van der Waals surface area contributed by atoms with Gasteiger partial charge in [0.2, 0.25) is 0 Å². The van der Waals surface area contributed by atoms with Crippen LogP contribution < -0.4 is 28.5 Å². The first kappa shape index (κ1) is 17.1. The van der Waals surface area contributed by atoms with Crippen LogP contribution in [-0.4, -0.2) is 11.1 Å². The van der Waals surface area contributed by atoms with Crippen LogP contribution in [0.5, 0.6) is 0 Å². The van der Waals surface area contributed by atoms with Gasteiger partial charge in [0.15, 0.2) is 11.0 Å².